The lowest BCUT2D eigenvalue weighted by Crippen LogP contribution is -2.39. The van der Waals surface area contributed by atoms with Gasteiger partial charge in [0.25, 0.3) is 5.56 Å². The molecule has 0 saturated carbocycles. The molecule has 7 heteroatoms. The van der Waals surface area contributed by atoms with E-state index < -0.39 is 5.92 Å². The largest absolute Gasteiger partial charge is 0.464 e. The summed E-state index contributed by atoms with van der Waals surface area (Å²) in [5.74, 6) is -1.09. The van der Waals surface area contributed by atoms with Crippen LogP contribution in [0, 0.1) is 0 Å². The molecule has 2 aromatic carbocycles. The molecule has 0 radical (unpaired) electrons. The molecule has 1 aliphatic rings. The first-order valence-corrected chi connectivity index (χ1v) is 10.2. The van der Waals surface area contributed by atoms with E-state index in [-0.39, 0.29) is 23.8 Å². The molecule has 1 atom stereocenters. The van der Waals surface area contributed by atoms with E-state index in [4.69, 9.17) is 16.0 Å². The number of hydrogen-bond acceptors (Lipinski definition) is 4. The maximum atomic E-state index is 12.4. The van der Waals surface area contributed by atoms with E-state index in [1.807, 2.05) is 36.4 Å². The number of hydrogen-bond donors (Lipinski definition) is 1. The minimum absolute atomic E-state index is 0.143. The lowest BCUT2D eigenvalue weighted by atomic mass is 9.88. The smallest absolute Gasteiger partial charge is 0.255 e. The summed E-state index contributed by atoms with van der Waals surface area (Å²) in [6.07, 6.45) is 3.98. The summed E-state index contributed by atoms with van der Waals surface area (Å²) < 4.78 is 7.34. The Hall–Kier alpha value is -3.64. The highest BCUT2D eigenvalue weighted by atomic mass is 35.5. The van der Waals surface area contributed by atoms with Crippen molar-refractivity contribution in [2.45, 2.75) is 18.8 Å². The van der Waals surface area contributed by atoms with Gasteiger partial charge in [-0.2, -0.15) is 0 Å². The molecule has 0 unspecified atom stereocenters. The maximum Gasteiger partial charge on any atom is 0.255 e. The predicted molar refractivity (Wildman–Crippen MR) is 117 cm³/mol. The first kappa shape index (κ1) is 19.3. The number of fused-ring (bicyclic) bond motifs is 1. The third-order valence-electron chi connectivity index (χ3n) is 5.61. The molecule has 1 fully saturated rings. The fraction of sp³-hybridized carbons (Fsp3) is 0.125. The maximum absolute atomic E-state index is 12.4. The molecular weight excluding hydrogens is 416 g/mol. The van der Waals surface area contributed by atoms with Gasteiger partial charge in [0, 0.05) is 35.2 Å². The van der Waals surface area contributed by atoms with Gasteiger partial charge in [-0.3, -0.25) is 24.3 Å². The zero-order valence-corrected chi connectivity index (χ0v) is 17.1. The van der Waals surface area contributed by atoms with E-state index in [0.29, 0.717) is 28.3 Å². The van der Waals surface area contributed by atoms with Crippen molar-refractivity contribution in [3.63, 3.8) is 0 Å². The number of halogens is 1. The molecule has 154 valence electrons. The number of aromatic nitrogens is 1. The van der Waals surface area contributed by atoms with Crippen LogP contribution in [0.15, 0.2) is 76.3 Å². The Labute approximate surface area is 182 Å². The van der Waals surface area contributed by atoms with Crippen LogP contribution >= 0.6 is 11.6 Å². The normalized spacial score (nSPS) is 16.5. The highest BCUT2D eigenvalue weighted by Crippen LogP contribution is 2.40. The van der Waals surface area contributed by atoms with Crippen LogP contribution < -0.4 is 10.9 Å². The predicted octanol–water partition coefficient (Wildman–Crippen LogP) is 4.42. The molecule has 2 aromatic heterocycles. The summed E-state index contributed by atoms with van der Waals surface area (Å²) in [7, 11) is 0. The second-order valence-electron chi connectivity index (χ2n) is 7.42. The standard InChI is InChI=1S/C24H17ClN2O4/c25-22-14(4-3-5-15(22)17-8-10-20(28)26-24(17)30)16-7-9-19(18-11-13-31-23(16)18)27-12-2-1-6-21(27)29/h1-7,9,11-13,17H,8,10H2,(H,26,28,30)/t17-/m0/s1. The van der Waals surface area contributed by atoms with Crippen LogP contribution in [0.3, 0.4) is 0 Å². The Balaban J connectivity index is 1.65. The van der Waals surface area contributed by atoms with Crippen LogP contribution in [0.25, 0.3) is 27.8 Å². The second kappa shape index (κ2) is 7.56. The Morgan fingerprint density at radius 1 is 0.968 bits per heavy atom. The van der Waals surface area contributed by atoms with E-state index in [1.54, 1.807) is 29.2 Å². The highest BCUT2D eigenvalue weighted by Gasteiger charge is 2.30. The van der Waals surface area contributed by atoms with Gasteiger partial charge < -0.3 is 4.42 Å². The number of furan rings is 1. The number of nitrogens with one attached hydrogen (secondary N) is 1. The number of piperidine rings is 1. The van der Waals surface area contributed by atoms with Gasteiger partial charge in [-0.25, -0.2) is 0 Å². The third kappa shape index (κ3) is 3.25. The van der Waals surface area contributed by atoms with Crippen molar-refractivity contribution in [3.8, 4) is 16.8 Å². The van der Waals surface area contributed by atoms with Crippen LogP contribution in [0.2, 0.25) is 5.02 Å². The summed E-state index contributed by atoms with van der Waals surface area (Å²) in [6.45, 7) is 0. The van der Waals surface area contributed by atoms with Gasteiger partial charge in [-0.15, -0.1) is 0 Å². The average Bonchev–Trinajstić information content (AvgIpc) is 3.25. The number of benzene rings is 2. The molecule has 31 heavy (non-hydrogen) atoms. The molecule has 3 heterocycles. The SMILES string of the molecule is O=C1CC[C@@H](c2cccc(-c3ccc(-n4ccccc4=O)c4ccoc34)c2Cl)C(=O)N1. The van der Waals surface area contributed by atoms with Crippen molar-refractivity contribution < 1.29 is 14.0 Å². The Kier molecular flexibility index (Phi) is 4.71. The van der Waals surface area contributed by atoms with Crippen LogP contribution in [-0.2, 0) is 9.59 Å². The van der Waals surface area contributed by atoms with Gasteiger partial charge in [0.15, 0.2) is 0 Å². The van der Waals surface area contributed by atoms with Crippen molar-refractivity contribution in [3.05, 3.63) is 88.0 Å². The zero-order valence-electron chi connectivity index (χ0n) is 16.3. The van der Waals surface area contributed by atoms with Gasteiger partial charge in [-0.1, -0.05) is 35.9 Å². The number of rotatable bonds is 3. The summed E-state index contributed by atoms with van der Waals surface area (Å²) >= 11 is 6.77. The van der Waals surface area contributed by atoms with E-state index in [0.717, 1.165) is 16.5 Å². The number of amides is 2. The molecule has 1 saturated heterocycles. The molecule has 2 amide bonds. The zero-order chi connectivity index (χ0) is 21.5. The minimum Gasteiger partial charge on any atom is -0.464 e. The first-order chi connectivity index (χ1) is 15.0. The quantitative estimate of drug-likeness (QED) is 0.486. The van der Waals surface area contributed by atoms with Crippen LogP contribution in [0.5, 0.6) is 0 Å². The molecular formula is C24H17ClN2O4. The van der Waals surface area contributed by atoms with Gasteiger partial charge in [0.05, 0.1) is 22.9 Å². The van der Waals surface area contributed by atoms with Gasteiger partial charge in [-0.05, 0) is 36.2 Å². The number of nitrogens with zero attached hydrogens (tertiary/aromatic N) is 1. The van der Waals surface area contributed by atoms with E-state index in [9.17, 15) is 14.4 Å². The Morgan fingerprint density at radius 2 is 1.84 bits per heavy atom. The molecule has 5 rings (SSSR count). The molecule has 0 bridgehead atoms. The Bertz CT molecular complexity index is 1400. The monoisotopic (exact) mass is 432 g/mol. The number of carbonyl (C=O) groups is 2. The van der Waals surface area contributed by atoms with Crippen LogP contribution in [0.1, 0.15) is 24.3 Å². The first-order valence-electron chi connectivity index (χ1n) is 9.85. The topological polar surface area (TPSA) is 81.3 Å². The minimum atomic E-state index is -0.487. The van der Waals surface area contributed by atoms with Gasteiger partial charge in [0.2, 0.25) is 11.8 Å². The lowest BCUT2D eigenvalue weighted by Gasteiger charge is -2.23. The Morgan fingerprint density at radius 3 is 2.65 bits per heavy atom. The van der Waals surface area contributed by atoms with E-state index in [1.165, 1.54) is 6.07 Å². The van der Waals surface area contributed by atoms with Crippen LogP contribution in [0.4, 0.5) is 0 Å². The summed E-state index contributed by atoms with van der Waals surface area (Å²) in [4.78, 5) is 36.2. The number of pyridine rings is 1. The van der Waals surface area contributed by atoms with Crippen molar-refractivity contribution in [1.82, 2.24) is 9.88 Å². The number of carbonyl (C=O) groups excluding carboxylic acids is 2. The highest BCUT2D eigenvalue weighted by molar-refractivity contribution is 6.35. The molecule has 1 N–H and O–H groups in total. The van der Waals surface area contributed by atoms with E-state index in [2.05, 4.69) is 5.32 Å². The average molecular weight is 433 g/mol. The third-order valence-corrected chi connectivity index (χ3v) is 6.03. The fourth-order valence-corrected chi connectivity index (χ4v) is 4.47. The molecule has 0 aliphatic carbocycles. The fourth-order valence-electron chi connectivity index (χ4n) is 4.11. The van der Waals surface area contributed by atoms with Crippen molar-refractivity contribution in [2.75, 3.05) is 0 Å². The summed E-state index contributed by atoms with van der Waals surface area (Å²) in [5.41, 5.74) is 3.30. The lowest BCUT2D eigenvalue weighted by molar-refractivity contribution is -0.134. The molecule has 6 nitrogen and oxygen atoms in total. The van der Waals surface area contributed by atoms with Crippen molar-refractivity contribution in [1.29, 1.82) is 0 Å². The molecule has 0 spiro atoms. The number of imide groups is 1. The summed E-state index contributed by atoms with van der Waals surface area (Å²) in [5, 5.41) is 3.60. The van der Waals surface area contributed by atoms with Crippen molar-refractivity contribution >= 4 is 34.4 Å². The molecule has 1 aliphatic heterocycles. The molecule has 4 aromatic rings. The van der Waals surface area contributed by atoms with Gasteiger partial charge in [0.1, 0.15) is 5.58 Å². The van der Waals surface area contributed by atoms with Gasteiger partial charge >= 0.3 is 0 Å². The van der Waals surface area contributed by atoms with E-state index >= 15 is 0 Å². The van der Waals surface area contributed by atoms with Crippen molar-refractivity contribution in [2.24, 2.45) is 0 Å². The summed E-state index contributed by atoms with van der Waals surface area (Å²) in [6, 6.07) is 16.0. The second-order valence-corrected chi connectivity index (χ2v) is 7.79. The van der Waals surface area contributed by atoms with Crippen LogP contribution in [-0.4, -0.2) is 16.4 Å².